The highest BCUT2D eigenvalue weighted by atomic mass is 15.3. The van der Waals surface area contributed by atoms with E-state index in [2.05, 4.69) is 44.1 Å². The van der Waals surface area contributed by atoms with Crippen LogP contribution in [-0.2, 0) is 13.5 Å². The van der Waals surface area contributed by atoms with Crippen molar-refractivity contribution >= 4 is 10.9 Å². The van der Waals surface area contributed by atoms with Crippen molar-refractivity contribution in [2.75, 3.05) is 0 Å². The van der Waals surface area contributed by atoms with E-state index in [4.69, 9.17) is 5.73 Å². The third kappa shape index (κ3) is 2.41. The maximum atomic E-state index is 6.30. The van der Waals surface area contributed by atoms with E-state index >= 15 is 0 Å². The molecule has 18 heavy (non-hydrogen) atoms. The van der Waals surface area contributed by atoms with Crippen LogP contribution in [0.15, 0.2) is 24.3 Å². The Kier molecular flexibility index (Phi) is 3.71. The number of nitrogens with zero attached hydrogens (tertiary/aromatic N) is 2. The molecule has 0 fully saturated rings. The minimum Gasteiger partial charge on any atom is -0.327 e. The van der Waals surface area contributed by atoms with E-state index in [0.717, 1.165) is 12.1 Å². The molecule has 2 N–H and O–H groups in total. The summed E-state index contributed by atoms with van der Waals surface area (Å²) in [5, 5.41) is 5.84. The highest BCUT2D eigenvalue weighted by Gasteiger charge is 2.19. The van der Waals surface area contributed by atoms with Crippen molar-refractivity contribution in [2.45, 2.75) is 33.2 Å². The van der Waals surface area contributed by atoms with E-state index in [0.29, 0.717) is 11.8 Å². The molecule has 0 aliphatic heterocycles. The van der Waals surface area contributed by atoms with Crippen LogP contribution >= 0.6 is 0 Å². The summed E-state index contributed by atoms with van der Waals surface area (Å²) in [6, 6.07) is 8.51. The van der Waals surface area contributed by atoms with Crippen molar-refractivity contribution in [1.82, 2.24) is 9.78 Å². The molecule has 0 aliphatic carbocycles. The zero-order chi connectivity index (χ0) is 13.3. The lowest BCUT2D eigenvalue weighted by molar-refractivity contribution is 0.343. The van der Waals surface area contributed by atoms with E-state index < -0.39 is 0 Å². The number of aryl methyl sites for hydroxylation is 1. The van der Waals surface area contributed by atoms with Gasteiger partial charge < -0.3 is 5.73 Å². The van der Waals surface area contributed by atoms with E-state index in [9.17, 15) is 0 Å². The van der Waals surface area contributed by atoms with Gasteiger partial charge in [-0.3, -0.25) is 4.68 Å². The Bertz CT molecular complexity index is 528. The number of hydrogen-bond acceptors (Lipinski definition) is 2. The van der Waals surface area contributed by atoms with Gasteiger partial charge in [-0.25, -0.2) is 0 Å². The summed E-state index contributed by atoms with van der Waals surface area (Å²) < 4.78 is 1.94. The first-order valence-corrected chi connectivity index (χ1v) is 6.67. The van der Waals surface area contributed by atoms with Crippen LogP contribution in [0.2, 0.25) is 0 Å². The average molecular weight is 245 g/mol. The molecule has 0 saturated carbocycles. The summed E-state index contributed by atoms with van der Waals surface area (Å²) in [6.45, 7) is 6.67. The molecule has 1 aromatic carbocycles. The van der Waals surface area contributed by atoms with E-state index in [1.807, 2.05) is 17.8 Å². The number of aromatic nitrogens is 2. The Balaban J connectivity index is 2.27. The smallest absolute Gasteiger partial charge is 0.0718 e. The molecule has 3 nitrogen and oxygen atoms in total. The lowest BCUT2D eigenvalue weighted by Crippen LogP contribution is -2.33. The molecule has 2 atom stereocenters. The number of nitrogens with two attached hydrogens (primary N) is 1. The van der Waals surface area contributed by atoms with Crippen LogP contribution in [0.4, 0.5) is 0 Å². The summed E-state index contributed by atoms with van der Waals surface area (Å²) in [5.74, 6) is 1.11. The number of hydrogen-bond donors (Lipinski definition) is 1. The molecule has 2 aromatic rings. The highest BCUT2D eigenvalue weighted by Crippen LogP contribution is 2.21. The third-order valence-electron chi connectivity index (χ3n) is 3.99. The molecule has 2 unspecified atom stereocenters. The first-order chi connectivity index (χ1) is 8.50. The van der Waals surface area contributed by atoms with Gasteiger partial charge in [0.15, 0.2) is 0 Å². The van der Waals surface area contributed by atoms with Gasteiger partial charge in [-0.05, 0) is 17.9 Å². The molecule has 98 valence electrons. The van der Waals surface area contributed by atoms with Crippen LogP contribution in [0.3, 0.4) is 0 Å². The van der Waals surface area contributed by atoms with Crippen LogP contribution < -0.4 is 5.73 Å². The molecule has 2 rings (SSSR count). The van der Waals surface area contributed by atoms with Crippen LogP contribution in [0.25, 0.3) is 10.9 Å². The first-order valence-electron chi connectivity index (χ1n) is 6.67. The van der Waals surface area contributed by atoms with Crippen molar-refractivity contribution in [2.24, 2.45) is 24.6 Å². The molecule has 0 bridgehead atoms. The van der Waals surface area contributed by atoms with Gasteiger partial charge in [0.2, 0.25) is 0 Å². The van der Waals surface area contributed by atoms with Gasteiger partial charge in [0.05, 0.1) is 11.2 Å². The summed E-state index contributed by atoms with van der Waals surface area (Å²) in [5.41, 5.74) is 8.60. The number of benzene rings is 1. The van der Waals surface area contributed by atoms with Gasteiger partial charge in [-0.2, -0.15) is 5.10 Å². The topological polar surface area (TPSA) is 43.8 Å². The standard InChI is InChI=1S/C15H23N3/c1-10(2)11(3)13(16)9-14-12-7-5-6-8-15(12)18(4)17-14/h5-8,10-11,13H,9,16H2,1-4H3. The molecule has 3 heteroatoms. The molecule has 0 amide bonds. The molecular weight excluding hydrogens is 222 g/mol. The summed E-state index contributed by atoms with van der Waals surface area (Å²) in [6.07, 6.45) is 0.848. The second kappa shape index (κ2) is 5.11. The van der Waals surface area contributed by atoms with Gasteiger partial charge in [0.1, 0.15) is 0 Å². The Hall–Kier alpha value is -1.35. The van der Waals surface area contributed by atoms with Crippen molar-refractivity contribution < 1.29 is 0 Å². The third-order valence-corrected chi connectivity index (χ3v) is 3.99. The summed E-state index contributed by atoms with van der Waals surface area (Å²) in [4.78, 5) is 0. The van der Waals surface area contributed by atoms with Gasteiger partial charge in [0, 0.05) is 24.9 Å². The van der Waals surface area contributed by atoms with Crippen LogP contribution in [0.5, 0.6) is 0 Å². The fourth-order valence-electron chi connectivity index (χ4n) is 2.34. The Morgan fingerprint density at radius 2 is 1.89 bits per heavy atom. The van der Waals surface area contributed by atoms with Crippen LogP contribution in [0, 0.1) is 11.8 Å². The van der Waals surface area contributed by atoms with Crippen LogP contribution in [-0.4, -0.2) is 15.8 Å². The minimum absolute atomic E-state index is 0.170. The van der Waals surface area contributed by atoms with Crippen molar-refractivity contribution in [3.05, 3.63) is 30.0 Å². The van der Waals surface area contributed by atoms with Gasteiger partial charge >= 0.3 is 0 Å². The second-order valence-electron chi connectivity index (χ2n) is 5.56. The molecular formula is C15H23N3. The van der Waals surface area contributed by atoms with Crippen molar-refractivity contribution in [3.63, 3.8) is 0 Å². The van der Waals surface area contributed by atoms with E-state index in [1.54, 1.807) is 0 Å². The number of para-hydroxylation sites is 1. The predicted octanol–water partition coefficient (Wildman–Crippen LogP) is 2.74. The minimum atomic E-state index is 0.170. The molecule has 0 saturated heterocycles. The molecule has 0 spiro atoms. The Labute approximate surface area is 109 Å². The quantitative estimate of drug-likeness (QED) is 0.900. The maximum Gasteiger partial charge on any atom is 0.0718 e. The zero-order valence-corrected chi connectivity index (χ0v) is 11.7. The normalized spacial score (nSPS) is 15.2. The van der Waals surface area contributed by atoms with E-state index in [1.165, 1.54) is 10.9 Å². The molecule has 1 heterocycles. The van der Waals surface area contributed by atoms with Gasteiger partial charge in [0.25, 0.3) is 0 Å². The highest BCUT2D eigenvalue weighted by molar-refractivity contribution is 5.81. The largest absolute Gasteiger partial charge is 0.327 e. The zero-order valence-electron chi connectivity index (χ0n) is 11.7. The Morgan fingerprint density at radius 1 is 1.22 bits per heavy atom. The van der Waals surface area contributed by atoms with Crippen LogP contribution in [0.1, 0.15) is 26.5 Å². The lowest BCUT2D eigenvalue weighted by Gasteiger charge is -2.22. The van der Waals surface area contributed by atoms with Crippen molar-refractivity contribution in [3.8, 4) is 0 Å². The average Bonchev–Trinajstić information content (AvgIpc) is 2.66. The summed E-state index contributed by atoms with van der Waals surface area (Å²) >= 11 is 0. The molecule has 0 radical (unpaired) electrons. The molecule has 0 aliphatic rings. The van der Waals surface area contributed by atoms with Gasteiger partial charge in [-0.15, -0.1) is 0 Å². The maximum absolute atomic E-state index is 6.30. The second-order valence-corrected chi connectivity index (χ2v) is 5.56. The number of rotatable bonds is 4. The predicted molar refractivity (Wildman–Crippen MR) is 76.4 cm³/mol. The van der Waals surface area contributed by atoms with Crippen molar-refractivity contribution in [1.29, 1.82) is 0 Å². The fraction of sp³-hybridized carbons (Fsp3) is 0.533. The first kappa shape index (κ1) is 13.1. The fourth-order valence-corrected chi connectivity index (χ4v) is 2.34. The Morgan fingerprint density at radius 3 is 2.56 bits per heavy atom. The summed E-state index contributed by atoms with van der Waals surface area (Å²) in [7, 11) is 1.99. The SMILES string of the molecule is CC(C)C(C)C(N)Cc1nn(C)c2ccccc12. The van der Waals surface area contributed by atoms with Gasteiger partial charge in [-0.1, -0.05) is 39.0 Å². The monoisotopic (exact) mass is 245 g/mol. The number of fused-ring (bicyclic) bond motifs is 1. The molecule has 1 aromatic heterocycles. The lowest BCUT2D eigenvalue weighted by atomic mass is 9.88. The van der Waals surface area contributed by atoms with E-state index in [-0.39, 0.29) is 6.04 Å².